The monoisotopic (exact) mass is 203 g/mol. The van der Waals surface area contributed by atoms with Crippen molar-refractivity contribution in [2.45, 2.75) is 31.8 Å². The van der Waals surface area contributed by atoms with Crippen molar-refractivity contribution >= 4 is 11.6 Å². The van der Waals surface area contributed by atoms with Gasteiger partial charge in [-0.2, -0.15) is 0 Å². The zero-order chi connectivity index (χ0) is 9.15. The zero-order valence-electron chi connectivity index (χ0n) is 8.02. The van der Waals surface area contributed by atoms with Crippen LogP contribution >= 0.6 is 11.6 Å². The molecule has 0 aromatic carbocycles. The fourth-order valence-corrected chi connectivity index (χ4v) is 2.20. The molecule has 3 heteroatoms. The van der Waals surface area contributed by atoms with Gasteiger partial charge >= 0.3 is 0 Å². The Morgan fingerprint density at radius 2 is 2.31 bits per heavy atom. The van der Waals surface area contributed by atoms with Gasteiger partial charge in [0.25, 0.3) is 0 Å². The second kappa shape index (κ2) is 4.16. The molecule has 0 aromatic rings. The van der Waals surface area contributed by atoms with Crippen LogP contribution in [0.3, 0.4) is 0 Å². The van der Waals surface area contributed by atoms with Crippen molar-refractivity contribution in [3.63, 3.8) is 0 Å². The quantitative estimate of drug-likeness (QED) is 0.688. The van der Waals surface area contributed by atoms with Crippen LogP contribution < -0.4 is 5.32 Å². The van der Waals surface area contributed by atoms with Gasteiger partial charge in [-0.1, -0.05) is 0 Å². The minimum Gasteiger partial charge on any atom is -0.377 e. The number of hydrogen-bond donors (Lipinski definition) is 1. The average molecular weight is 204 g/mol. The van der Waals surface area contributed by atoms with Gasteiger partial charge in [0.1, 0.15) is 0 Å². The first-order valence-electron chi connectivity index (χ1n) is 5.23. The lowest BCUT2D eigenvalue weighted by Crippen LogP contribution is -2.32. The lowest BCUT2D eigenvalue weighted by atomic mass is 10.1. The second-order valence-corrected chi connectivity index (χ2v) is 4.67. The van der Waals surface area contributed by atoms with Gasteiger partial charge in [-0.05, 0) is 31.1 Å². The molecule has 1 unspecified atom stereocenters. The van der Waals surface area contributed by atoms with Gasteiger partial charge in [0.15, 0.2) is 0 Å². The fourth-order valence-electron chi connectivity index (χ4n) is 1.84. The van der Waals surface area contributed by atoms with E-state index in [1.54, 1.807) is 0 Å². The highest BCUT2D eigenvalue weighted by molar-refractivity contribution is 6.18. The Morgan fingerprint density at radius 1 is 1.46 bits per heavy atom. The van der Waals surface area contributed by atoms with E-state index in [1.807, 2.05) is 0 Å². The summed E-state index contributed by atoms with van der Waals surface area (Å²) in [6.45, 7) is 3.04. The molecule has 0 bridgehead atoms. The molecule has 0 amide bonds. The highest BCUT2D eigenvalue weighted by Gasteiger charge is 2.41. The molecule has 2 aliphatic rings. The summed E-state index contributed by atoms with van der Waals surface area (Å²) in [6.07, 6.45) is 5.52. The Labute approximate surface area is 85.0 Å². The molecule has 13 heavy (non-hydrogen) atoms. The molecular formula is C10H18ClNO. The first kappa shape index (κ1) is 9.75. The van der Waals surface area contributed by atoms with Gasteiger partial charge in [-0.15, -0.1) is 11.6 Å². The molecule has 0 spiro atoms. The minimum atomic E-state index is 0.445. The zero-order valence-corrected chi connectivity index (χ0v) is 8.78. The number of ether oxygens (including phenoxy) is 1. The van der Waals surface area contributed by atoms with E-state index in [-0.39, 0.29) is 0 Å². The molecule has 1 heterocycles. The van der Waals surface area contributed by atoms with Crippen molar-refractivity contribution in [2.24, 2.45) is 5.41 Å². The van der Waals surface area contributed by atoms with E-state index in [9.17, 15) is 0 Å². The van der Waals surface area contributed by atoms with Crippen molar-refractivity contribution < 1.29 is 4.74 Å². The van der Waals surface area contributed by atoms with Crippen LogP contribution in [0.1, 0.15) is 25.7 Å². The summed E-state index contributed by atoms with van der Waals surface area (Å²) < 4.78 is 5.53. The average Bonchev–Trinajstić information content (AvgIpc) is 2.74. The Kier molecular flexibility index (Phi) is 3.12. The molecule has 76 valence electrons. The molecule has 2 rings (SSSR count). The van der Waals surface area contributed by atoms with Gasteiger partial charge in [-0.3, -0.25) is 0 Å². The molecule has 0 radical (unpaired) electrons. The van der Waals surface area contributed by atoms with Crippen LogP contribution in [-0.4, -0.2) is 31.7 Å². The van der Waals surface area contributed by atoms with E-state index in [4.69, 9.17) is 16.3 Å². The molecule has 1 atom stereocenters. The topological polar surface area (TPSA) is 21.3 Å². The van der Waals surface area contributed by atoms with Gasteiger partial charge < -0.3 is 10.1 Å². The molecule has 1 aliphatic carbocycles. The van der Waals surface area contributed by atoms with Crippen molar-refractivity contribution in [3.05, 3.63) is 0 Å². The lowest BCUT2D eigenvalue weighted by Gasteiger charge is -2.15. The standard InChI is InChI=1S/C10H18ClNO/c11-7-10(3-4-10)8-12-6-9-2-1-5-13-9/h9,12H,1-8H2. The van der Waals surface area contributed by atoms with Crippen LogP contribution in [0, 0.1) is 5.41 Å². The summed E-state index contributed by atoms with van der Waals surface area (Å²) in [5, 5.41) is 3.47. The van der Waals surface area contributed by atoms with Crippen LogP contribution in [0.25, 0.3) is 0 Å². The van der Waals surface area contributed by atoms with Gasteiger partial charge in [-0.25, -0.2) is 0 Å². The maximum absolute atomic E-state index is 5.88. The van der Waals surface area contributed by atoms with E-state index < -0.39 is 0 Å². The number of hydrogen-bond acceptors (Lipinski definition) is 2. The van der Waals surface area contributed by atoms with E-state index >= 15 is 0 Å². The third kappa shape index (κ3) is 2.58. The summed E-state index contributed by atoms with van der Waals surface area (Å²) >= 11 is 5.88. The maximum Gasteiger partial charge on any atom is 0.0700 e. The predicted molar refractivity (Wildman–Crippen MR) is 54.2 cm³/mol. The number of rotatable bonds is 5. The molecule has 2 fully saturated rings. The Hall–Kier alpha value is 0.210. The molecule has 1 saturated heterocycles. The van der Waals surface area contributed by atoms with Gasteiger partial charge in [0.05, 0.1) is 6.10 Å². The molecule has 1 saturated carbocycles. The Balaban J connectivity index is 1.58. The third-order valence-corrected chi connectivity index (χ3v) is 3.70. The van der Waals surface area contributed by atoms with E-state index in [0.717, 1.165) is 25.6 Å². The van der Waals surface area contributed by atoms with Crippen molar-refractivity contribution in [2.75, 3.05) is 25.6 Å². The maximum atomic E-state index is 5.88. The molecule has 1 N–H and O–H groups in total. The second-order valence-electron chi connectivity index (χ2n) is 4.40. The summed E-state index contributed by atoms with van der Waals surface area (Å²) in [5.41, 5.74) is 0.445. The fraction of sp³-hybridized carbons (Fsp3) is 1.00. The molecular weight excluding hydrogens is 186 g/mol. The summed E-state index contributed by atoms with van der Waals surface area (Å²) in [4.78, 5) is 0. The lowest BCUT2D eigenvalue weighted by molar-refractivity contribution is 0.109. The first-order chi connectivity index (χ1) is 6.35. The first-order valence-corrected chi connectivity index (χ1v) is 5.76. The van der Waals surface area contributed by atoms with Crippen LogP contribution in [0.4, 0.5) is 0 Å². The van der Waals surface area contributed by atoms with Crippen LogP contribution in [-0.2, 0) is 4.74 Å². The summed E-state index contributed by atoms with van der Waals surface area (Å²) in [7, 11) is 0. The van der Waals surface area contributed by atoms with E-state index in [2.05, 4.69) is 5.32 Å². The normalized spacial score (nSPS) is 30.7. The van der Waals surface area contributed by atoms with Gasteiger partial charge in [0, 0.05) is 25.6 Å². The Morgan fingerprint density at radius 3 is 2.85 bits per heavy atom. The number of nitrogens with one attached hydrogen (secondary N) is 1. The largest absolute Gasteiger partial charge is 0.377 e. The minimum absolute atomic E-state index is 0.445. The highest BCUT2D eigenvalue weighted by atomic mass is 35.5. The smallest absolute Gasteiger partial charge is 0.0700 e. The van der Waals surface area contributed by atoms with Crippen molar-refractivity contribution in [1.82, 2.24) is 5.32 Å². The molecule has 0 aromatic heterocycles. The van der Waals surface area contributed by atoms with Crippen LogP contribution in [0.2, 0.25) is 0 Å². The van der Waals surface area contributed by atoms with E-state index in [0.29, 0.717) is 11.5 Å². The van der Waals surface area contributed by atoms with Crippen LogP contribution in [0.15, 0.2) is 0 Å². The Bertz CT molecular complexity index is 164. The molecule has 2 nitrogen and oxygen atoms in total. The van der Waals surface area contributed by atoms with Crippen LogP contribution in [0.5, 0.6) is 0 Å². The third-order valence-electron chi connectivity index (χ3n) is 3.14. The number of alkyl halides is 1. The number of halogens is 1. The van der Waals surface area contributed by atoms with Gasteiger partial charge in [0.2, 0.25) is 0 Å². The SMILES string of the molecule is ClCC1(CNCC2CCCO2)CC1. The highest BCUT2D eigenvalue weighted by Crippen LogP contribution is 2.45. The molecule has 1 aliphatic heterocycles. The summed E-state index contributed by atoms with van der Waals surface area (Å²) in [5.74, 6) is 0.811. The van der Waals surface area contributed by atoms with Crippen molar-refractivity contribution in [3.8, 4) is 0 Å². The summed E-state index contributed by atoms with van der Waals surface area (Å²) in [6, 6.07) is 0. The van der Waals surface area contributed by atoms with Crippen molar-refractivity contribution in [1.29, 1.82) is 0 Å². The predicted octanol–water partition coefficient (Wildman–Crippen LogP) is 1.77. The van der Waals surface area contributed by atoms with E-state index in [1.165, 1.54) is 25.7 Å².